The van der Waals surface area contributed by atoms with Crippen LogP contribution in [0.4, 0.5) is 37.5 Å². The van der Waals surface area contributed by atoms with Crippen LogP contribution in [0.1, 0.15) is 31.4 Å². The van der Waals surface area contributed by atoms with Crippen LogP contribution in [0.2, 0.25) is 0 Å². The third kappa shape index (κ3) is 8.07. The number of carbonyl (C=O) groups excluding carboxylic acids is 1. The molecule has 0 spiro atoms. The molecule has 6 rings (SSSR count). The lowest BCUT2D eigenvalue weighted by Crippen LogP contribution is -2.46. The molecule has 256 valence electrons. The molecule has 49 heavy (non-hydrogen) atoms. The SMILES string of the molecule is C=CC(=O)Nc1cc(Nc2cc(N3OCC[C@@H]3c3cc(F)cc(Oc4cccc(F)c4)c3)ncn2)c(OC)cc1N1CCN(CCC)CC1. The van der Waals surface area contributed by atoms with Crippen LogP contribution in [0.25, 0.3) is 0 Å². The van der Waals surface area contributed by atoms with E-state index >= 15 is 0 Å². The topological polar surface area (TPSA) is 104 Å². The van der Waals surface area contributed by atoms with Crippen LogP contribution in [-0.2, 0) is 9.63 Å². The average molecular weight is 672 g/mol. The number of nitrogens with zero attached hydrogens (tertiary/aromatic N) is 5. The number of hydrogen-bond acceptors (Lipinski definition) is 10. The van der Waals surface area contributed by atoms with Gasteiger partial charge in [0, 0.05) is 56.9 Å². The van der Waals surface area contributed by atoms with Crippen LogP contribution in [0.3, 0.4) is 0 Å². The Morgan fingerprint density at radius 2 is 1.84 bits per heavy atom. The minimum atomic E-state index is -0.501. The van der Waals surface area contributed by atoms with Gasteiger partial charge in [-0.1, -0.05) is 19.6 Å². The van der Waals surface area contributed by atoms with Gasteiger partial charge in [0.05, 0.1) is 36.8 Å². The van der Waals surface area contributed by atoms with Crippen molar-refractivity contribution in [1.29, 1.82) is 0 Å². The van der Waals surface area contributed by atoms with E-state index in [1.165, 1.54) is 42.7 Å². The molecule has 4 aromatic rings. The van der Waals surface area contributed by atoms with Crippen LogP contribution in [0.5, 0.6) is 17.2 Å². The lowest BCUT2D eigenvalue weighted by atomic mass is 10.0. The second-order valence-corrected chi connectivity index (χ2v) is 11.7. The van der Waals surface area contributed by atoms with Gasteiger partial charge >= 0.3 is 0 Å². The molecule has 1 aromatic heterocycles. The van der Waals surface area contributed by atoms with Crippen molar-refractivity contribution in [2.45, 2.75) is 25.8 Å². The zero-order chi connectivity index (χ0) is 34.3. The monoisotopic (exact) mass is 671 g/mol. The third-order valence-corrected chi connectivity index (χ3v) is 8.37. The number of carbonyl (C=O) groups is 1. The van der Waals surface area contributed by atoms with Gasteiger partial charge in [-0.15, -0.1) is 0 Å². The molecular formula is C36H39F2N7O4. The molecule has 2 N–H and O–H groups in total. The summed E-state index contributed by atoms with van der Waals surface area (Å²) < 4.78 is 40.1. The molecule has 2 saturated heterocycles. The van der Waals surface area contributed by atoms with Gasteiger partial charge in [-0.2, -0.15) is 0 Å². The number of ether oxygens (including phenoxy) is 2. The Bertz CT molecular complexity index is 1800. The van der Waals surface area contributed by atoms with Gasteiger partial charge in [-0.25, -0.2) is 23.8 Å². The maximum atomic E-state index is 14.8. The van der Waals surface area contributed by atoms with Crippen molar-refractivity contribution in [2.75, 3.05) is 67.0 Å². The summed E-state index contributed by atoms with van der Waals surface area (Å²) in [6, 6.07) is 15.1. The van der Waals surface area contributed by atoms with Crippen LogP contribution in [0, 0.1) is 11.6 Å². The number of hydrogen-bond donors (Lipinski definition) is 2. The van der Waals surface area contributed by atoms with Crippen molar-refractivity contribution in [3.8, 4) is 17.2 Å². The molecule has 0 radical (unpaired) electrons. The van der Waals surface area contributed by atoms with E-state index in [0.29, 0.717) is 47.4 Å². The second-order valence-electron chi connectivity index (χ2n) is 11.7. The van der Waals surface area contributed by atoms with Gasteiger partial charge in [-0.3, -0.25) is 14.5 Å². The predicted molar refractivity (Wildman–Crippen MR) is 185 cm³/mol. The summed E-state index contributed by atoms with van der Waals surface area (Å²) >= 11 is 0. The number of halogens is 2. The van der Waals surface area contributed by atoms with Gasteiger partial charge in [-0.05, 0) is 54.9 Å². The first-order valence-electron chi connectivity index (χ1n) is 16.2. The summed E-state index contributed by atoms with van der Waals surface area (Å²) in [4.78, 5) is 32.0. The smallest absolute Gasteiger partial charge is 0.247 e. The fourth-order valence-corrected chi connectivity index (χ4v) is 6.08. The number of hydroxylamine groups is 1. The van der Waals surface area contributed by atoms with Crippen LogP contribution < -0.4 is 30.1 Å². The zero-order valence-corrected chi connectivity index (χ0v) is 27.5. The maximum Gasteiger partial charge on any atom is 0.247 e. The molecule has 0 aliphatic carbocycles. The van der Waals surface area contributed by atoms with Crippen LogP contribution in [-0.4, -0.2) is 67.2 Å². The van der Waals surface area contributed by atoms with Crippen molar-refractivity contribution < 1.29 is 27.9 Å². The molecule has 0 saturated carbocycles. The normalized spacial score (nSPS) is 16.4. The van der Waals surface area contributed by atoms with Crippen LogP contribution in [0.15, 0.2) is 79.6 Å². The molecule has 1 atom stereocenters. The van der Waals surface area contributed by atoms with Crippen molar-refractivity contribution in [2.24, 2.45) is 0 Å². The summed E-state index contributed by atoms with van der Waals surface area (Å²) in [6.45, 7) is 10.7. The number of amides is 1. The van der Waals surface area contributed by atoms with E-state index in [9.17, 15) is 13.6 Å². The van der Waals surface area contributed by atoms with Gasteiger partial charge in [0.25, 0.3) is 0 Å². The first-order valence-corrected chi connectivity index (χ1v) is 16.2. The molecular weight excluding hydrogens is 632 g/mol. The number of rotatable bonds is 12. The minimum absolute atomic E-state index is 0.232. The molecule has 2 fully saturated rings. The minimum Gasteiger partial charge on any atom is -0.494 e. The quantitative estimate of drug-likeness (QED) is 0.156. The fraction of sp³-hybridized carbons (Fsp3) is 0.306. The number of benzene rings is 3. The molecule has 0 bridgehead atoms. The van der Waals surface area contributed by atoms with Crippen molar-refractivity contribution >= 4 is 34.6 Å². The van der Waals surface area contributed by atoms with Crippen LogP contribution >= 0.6 is 0 Å². The Kier molecular flexibility index (Phi) is 10.5. The Morgan fingerprint density at radius 3 is 2.59 bits per heavy atom. The van der Waals surface area contributed by atoms with Crippen molar-refractivity contribution in [3.63, 3.8) is 0 Å². The summed E-state index contributed by atoms with van der Waals surface area (Å²) in [5.74, 6) is 0.645. The first-order chi connectivity index (χ1) is 23.8. The van der Waals surface area contributed by atoms with Gasteiger partial charge in [0.15, 0.2) is 5.82 Å². The van der Waals surface area contributed by atoms with E-state index in [1.54, 1.807) is 30.4 Å². The van der Waals surface area contributed by atoms with Gasteiger partial charge in [0.1, 0.15) is 41.0 Å². The highest BCUT2D eigenvalue weighted by atomic mass is 19.1. The number of piperazine rings is 1. The largest absolute Gasteiger partial charge is 0.494 e. The molecule has 11 nitrogen and oxygen atoms in total. The molecule has 3 heterocycles. The average Bonchev–Trinajstić information content (AvgIpc) is 3.59. The summed E-state index contributed by atoms with van der Waals surface area (Å²) in [5, 5.41) is 7.87. The summed E-state index contributed by atoms with van der Waals surface area (Å²) in [7, 11) is 1.59. The van der Waals surface area contributed by atoms with E-state index in [-0.39, 0.29) is 23.4 Å². The highest BCUT2D eigenvalue weighted by molar-refractivity contribution is 6.02. The van der Waals surface area contributed by atoms with Gasteiger partial charge < -0.3 is 25.0 Å². The number of nitrogens with one attached hydrogen (secondary N) is 2. The Labute approximate surface area is 284 Å². The van der Waals surface area contributed by atoms with E-state index < -0.39 is 11.6 Å². The van der Waals surface area contributed by atoms with Gasteiger partial charge in [0.2, 0.25) is 5.91 Å². The van der Waals surface area contributed by atoms with E-state index in [0.717, 1.165) is 44.8 Å². The Hall–Kier alpha value is -5.27. The van der Waals surface area contributed by atoms with Crippen molar-refractivity contribution in [1.82, 2.24) is 14.9 Å². The highest BCUT2D eigenvalue weighted by Crippen LogP contribution is 2.40. The first kappa shape index (κ1) is 33.6. The van der Waals surface area contributed by atoms with Crippen molar-refractivity contribution in [3.05, 3.63) is 96.8 Å². The Morgan fingerprint density at radius 1 is 1.02 bits per heavy atom. The number of methoxy groups -OCH3 is 1. The fourth-order valence-electron chi connectivity index (χ4n) is 6.08. The van der Waals surface area contributed by atoms with E-state index in [4.69, 9.17) is 14.3 Å². The molecule has 0 unspecified atom stereocenters. The molecule has 3 aromatic carbocycles. The molecule has 1 amide bonds. The molecule has 2 aliphatic heterocycles. The van der Waals surface area contributed by atoms with E-state index in [1.807, 2.05) is 12.1 Å². The third-order valence-electron chi connectivity index (χ3n) is 8.37. The predicted octanol–water partition coefficient (Wildman–Crippen LogP) is 6.84. The summed E-state index contributed by atoms with van der Waals surface area (Å²) in [5.41, 5.74) is 2.63. The Balaban J connectivity index is 1.25. The highest BCUT2D eigenvalue weighted by Gasteiger charge is 2.30. The lowest BCUT2D eigenvalue weighted by Gasteiger charge is -2.37. The number of anilines is 5. The molecule has 13 heteroatoms. The second kappa shape index (κ2) is 15.3. The zero-order valence-electron chi connectivity index (χ0n) is 27.5. The standard InChI is InChI=1S/C36H39F2N7O4/c1-4-10-43-11-13-44(14-12-43)32-21-33(47-3)30(20-29(32)42-36(46)5-2)41-34-22-35(40-23-39-34)45-31(9-15-48-45)24-16-26(38)19-28(17-24)49-27-8-6-7-25(37)18-27/h5-8,16-23,31H,2,4,9-15H2,1,3H3,(H,42,46)(H,39,40,41)/t31-/m1/s1. The maximum absolute atomic E-state index is 14.8. The van der Waals surface area contributed by atoms with E-state index in [2.05, 4.69) is 43.9 Å². The summed E-state index contributed by atoms with van der Waals surface area (Å²) in [6.07, 6.45) is 4.29. The number of aromatic nitrogens is 2. The molecule has 2 aliphatic rings. The lowest BCUT2D eigenvalue weighted by molar-refractivity contribution is -0.111.